The summed E-state index contributed by atoms with van der Waals surface area (Å²) >= 11 is 0. The molecule has 0 atom stereocenters. The number of carbonyl (C=O) groups is 1. The van der Waals surface area contributed by atoms with Gasteiger partial charge in [0, 0.05) is 6.54 Å². The van der Waals surface area contributed by atoms with Gasteiger partial charge in [-0.1, -0.05) is 0 Å². The molecule has 1 heterocycles. The van der Waals surface area contributed by atoms with Crippen LogP contribution in [-0.4, -0.2) is 41.4 Å². The van der Waals surface area contributed by atoms with E-state index in [2.05, 4.69) is 0 Å². The quantitative estimate of drug-likeness (QED) is 0.690. The molecule has 4 heteroatoms. The smallest absolute Gasteiger partial charge is 0.410 e. The zero-order valence-electron chi connectivity index (χ0n) is 7.66. The van der Waals surface area contributed by atoms with Gasteiger partial charge < -0.3 is 14.7 Å². The number of aliphatic hydroxyl groups excluding tert-OH is 1. The van der Waals surface area contributed by atoms with Crippen molar-refractivity contribution in [2.24, 2.45) is 0 Å². The van der Waals surface area contributed by atoms with Gasteiger partial charge >= 0.3 is 6.09 Å². The van der Waals surface area contributed by atoms with Crippen molar-refractivity contribution in [2.45, 2.75) is 31.3 Å². The van der Waals surface area contributed by atoms with Crippen molar-refractivity contribution >= 4 is 6.09 Å². The summed E-state index contributed by atoms with van der Waals surface area (Å²) in [5, 5.41) is 8.73. The first kappa shape index (κ1) is 8.81. The second kappa shape index (κ2) is 3.18. The minimum Gasteiger partial charge on any atom is -0.441 e. The van der Waals surface area contributed by atoms with E-state index < -0.39 is 0 Å². The van der Waals surface area contributed by atoms with Crippen LogP contribution >= 0.6 is 0 Å². The van der Waals surface area contributed by atoms with Crippen molar-refractivity contribution in [2.75, 3.05) is 19.7 Å². The number of hydrogen-bond donors (Lipinski definition) is 1. The van der Waals surface area contributed by atoms with E-state index in [1.54, 1.807) is 4.90 Å². The topological polar surface area (TPSA) is 49.8 Å². The van der Waals surface area contributed by atoms with Gasteiger partial charge in [-0.3, -0.25) is 0 Å². The van der Waals surface area contributed by atoms with E-state index in [1.165, 1.54) is 0 Å². The van der Waals surface area contributed by atoms with Gasteiger partial charge in [0.05, 0.1) is 13.2 Å². The Kier molecular flexibility index (Phi) is 2.15. The third-order valence-electron chi connectivity index (χ3n) is 2.93. The summed E-state index contributed by atoms with van der Waals surface area (Å²) in [6.07, 6.45) is 4.03. The fourth-order valence-corrected chi connectivity index (χ4v) is 2.26. The lowest BCUT2D eigenvalue weighted by Crippen LogP contribution is -2.32. The molecular weight excluding hydrogens is 170 g/mol. The number of β-amino-alcohol motifs (C(OH)–C–C–N with tert-alkyl or cyclic N) is 1. The highest BCUT2D eigenvalue weighted by Crippen LogP contribution is 2.38. The molecule has 1 amide bonds. The Morgan fingerprint density at radius 3 is 2.77 bits per heavy atom. The molecule has 0 aromatic heterocycles. The van der Waals surface area contributed by atoms with Crippen LogP contribution in [0.1, 0.15) is 25.7 Å². The van der Waals surface area contributed by atoms with Crippen molar-refractivity contribution in [3.63, 3.8) is 0 Å². The number of carbonyl (C=O) groups excluding carboxylic acids is 1. The summed E-state index contributed by atoms with van der Waals surface area (Å²) in [5.74, 6) is 0. The molecule has 74 valence electrons. The van der Waals surface area contributed by atoms with Crippen molar-refractivity contribution in [3.05, 3.63) is 0 Å². The predicted molar refractivity (Wildman–Crippen MR) is 46.3 cm³/mol. The van der Waals surface area contributed by atoms with Crippen LogP contribution in [0.5, 0.6) is 0 Å². The average Bonchev–Trinajstić information content (AvgIpc) is 2.63. The van der Waals surface area contributed by atoms with Gasteiger partial charge in [-0.2, -0.15) is 0 Å². The second-order valence-electron chi connectivity index (χ2n) is 3.90. The van der Waals surface area contributed by atoms with Gasteiger partial charge in [-0.25, -0.2) is 4.79 Å². The van der Waals surface area contributed by atoms with Gasteiger partial charge in [0.15, 0.2) is 0 Å². The van der Waals surface area contributed by atoms with Crippen LogP contribution in [0, 0.1) is 0 Å². The Morgan fingerprint density at radius 1 is 1.46 bits per heavy atom. The van der Waals surface area contributed by atoms with Gasteiger partial charge in [0.2, 0.25) is 0 Å². The van der Waals surface area contributed by atoms with Crippen LogP contribution in [0.2, 0.25) is 0 Å². The fourth-order valence-electron chi connectivity index (χ4n) is 2.26. The van der Waals surface area contributed by atoms with Gasteiger partial charge in [-0.15, -0.1) is 0 Å². The summed E-state index contributed by atoms with van der Waals surface area (Å²) in [5.41, 5.74) is -0.202. The Labute approximate surface area is 77.5 Å². The number of ether oxygens (including phenoxy) is 1. The summed E-state index contributed by atoms with van der Waals surface area (Å²) in [4.78, 5) is 12.9. The molecule has 1 aliphatic carbocycles. The molecule has 1 aliphatic heterocycles. The molecule has 0 unspecified atom stereocenters. The van der Waals surface area contributed by atoms with Gasteiger partial charge in [0.1, 0.15) is 5.60 Å². The molecule has 0 aromatic carbocycles. The molecule has 0 aromatic rings. The van der Waals surface area contributed by atoms with Crippen LogP contribution in [0.4, 0.5) is 4.79 Å². The zero-order chi connectivity index (χ0) is 9.31. The Bertz CT molecular complexity index is 211. The number of nitrogens with zero attached hydrogens (tertiary/aromatic N) is 1. The van der Waals surface area contributed by atoms with E-state index >= 15 is 0 Å². The first-order chi connectivity index (χ1) is 6.26. The third kappa shape index (κ3) is 1.50. The first-order valence-electron chi connectivity index (χ1n) is 4.85. The maximum Gasteiger partial charge on any atom is 0.410 e. The molecule has 1 saturated heterocycles. The third-order valence-corrected chi connectivity index (χ3v) is 2.93. The van der Waals surface area contributed by atoms with Crippen molar-refractivity contribution in [1.82, 2.24) is 4.90 Å². The van der Waals surface area contributed by atoms with E-state index in [4.69, 9.17) is 9.84 Å². The number of aliphatic hydroxyl groups is 1. The van der Waals surface area contributed by atoms with E-state index in [0.717, 1.165) is 25.7 Å². The monoisotopic (exact) mass is 185 g/mol. The number of amides is 1. The minimum absolute atomic E-state index is 0.0190. The molecule has 1 spiro atoms. The lowest BCUT2D eigenvalue weighted by Gasteiger charge is -2.19. The Morgan fingerprint density at radius 2 is 2.15 bits per heavy atom. The molecule has 0 bridgehead atoms. The predicted octanol–water partition coefficient (Wildman–Crippen LogP) is 0.744. The minimum atomic E-state index is -0.254. The Balaban J connectivity index is 2.01. The summed E-state index contributed by atoms with van der Waals surface area (Å²) in [6.45, 7) is 1.10. The number of hydrogen-bond acceptors (Lipinski definition) is 3. The normalized spacial score (nSPS) is 25.6. The standard InChI is InChI=1S/C9H15NO3/c11-6-5-10-7-9(13-8(10)12)3-1-2-4-9/h11H,1-7H2. The summed E-state index contributed by atoms with van der Waals surface area (Å²) in [6, 6.07) is 0. The molecule has 0 radical (unpaired) electrons. The molecule has 1 saturated carbocycles. The average molecular weight is 185 g/mol. The molecular formula is C9H15NO3. The highest BCUT2D eigenvalue weighted by atomic mass is 16.6. The van der Waals surface area contributed by atoms with Crippen molar-refractivity contribution < 1.29 is 14.6 Å². The van der Waals surface area contributed by atoms with Crippen molar-refractivity contribution in [3.8, 4) is 0 Å². The van der Waals surface area contributed by atoms with Crippen LogP contribution < -0.4 is 0 Å². The molecule has 2 aliphatic rings. The lowest BCUT2D eigenvalue weighted by atomic mass is 10.0. The van der Waals surface area contributed by atoms with E-state index in [1.807, 2.05) is 0 Å². The molecule has 4 nitrogen and oxygen atoms in total. The van der Waals surface area contributed by atoms with Crippen molar-refractivity contribution in [1.29, 1.82) is 0 Å². The highest BCUT2D eigenvalue weighted by molar-refractivity contribution is 5.70. The van der Waals surface area contributed by atoms with Gasteiger partial charge in [-0.05, 0) is 25.7 Å². The molecule has 1 N–H and O–H groups in total. The fraction of sp³-hybridized carbons (Fsp3) is 0.889. The summed E-state index contributed by atoms with van der Waals surface area (Å²) in [7, 11) is 0. The SMILES string of the molecule is O=C1OC2(CCCC2)CN1CCO. The Hall–Kier alpha value is -0.770. The van der Waals surface area contributed by atoms with Gasteiger partial charge in [0.25, 0.3) is 0 Å². The molecule has 2 fully saturated rings. The van der Waals surface area contributed by atoms with E-state index in [9.17, 15) is 4.79 Å². The van der Waals surface area contributed by atoms with E-state index in [-0.39, 0.29) is 18.3 Å². The largest absolute Gasteiger partial charge is 0.441 e. The first-order valence-corrected chi connectivity index (χ1v) is 4.85. The second-order valence-corrected chi connectivity index (χ2v) is 3.90. The molecule has 13 heavy (non-hydrogen) atoms. The molecule has 2 rings (SSSR count). The van der Waals surface area contributed by atoms with E-state index in [0.29, 0.717) is 13.1 Å². The highest BCUT2D eigenvalue weighted by Gasteiger charge is 2.46. The zero-order valence-corrected chi connectivity index (χ0v) is 7.66. The van der Waals surface area contributed by atoms with Crippen LogP contribution in [-0.2, 0) is 4.74 Å². The van der Waals surface area contributed by atoms with Crippen LogP contribution in [0.15, 0.2) is 0 Å². The van der Waals surface area contributed by atoms with Crippen LogP contribution in [0.3, 0.4) is 0 Å². The van der Waals surface area contributed by atoms with Crippen LogP contribution in [0.25, 0.3) is 0 Å². The summed E-state index contributed by atoms with van der Waals surface area (Å²) < 4.78 is 5.35. The number of rotatable bonds is 2. The lowest BCUT2D eigenvalue weighted by molar-refractivity contribution is 0.0626. The maximum absolute atomic E-state index is 11.3. The maximum atomic E-state index is 11.3.